The molecule has 6 nitrogen and oxygen atoms in total. The van der Waals surface area contributed by atoms with Crippen LogP contribution in [0.3, 0.4) is 0 Å². The average Bonchev–Trinajstić information content (AvgIpc) is 2.88. The lowest BCUT2D eigenvalue weighted by Crippen LogP contribution is -2.17. The molecule has 7 heteroatoms. The van der Waals surface area contributed by atoms with Crippen molar-refractivity contribution >= 4 is 38.8 Å². The van der Waals surface area contributed by atoms with E-state index in [0.717, 1.165) is 21.0 Å². The fourth-order valence-electron chi connectivity index (χ4n) is 3.61. The molecule has 0 bridgehead atoms. The van der Waals surface area contributed by atoms with E-state index in [1.807, 2.05) is 37.3 Å². The van der Waals surface area contributed by atoms with E-state index in [9.17, 15) is 4.79 Å². The van der Waals surface area contributed by atoms with Gasteiger partial charge in [0.2, 0.25) is 0 Å². The first-order valence-corrected chi connectivity index (χ1v) is 11.9. The van der Waals surface area contributed by atoms with Gasteiger partial charge in [-0.2, -0.15) is 5.10 Å². The molecule has 0 aliphatic rings. The van der Waals surface area contributed by atoms with Crippen molar-refractivity contribution in [2.75, 3.05) is 13.7 Å². The number of hydrogen-bond acceptors (Lipinski definition) is 5. The molecule has 0 saturated carbocycles. The van der Waals surface area contributed by atoms with E-state index in [4.69, 9.17) is 14.2 Å². The zero-order chi connectivity index (χ0) is 24.6. The Morgan fingerprint density at radius 3 is 2.54 bits per heavy atom. The van der Waals surface area contributed by atoms with Gasteiger partial charge in [-0.1, -0.05) is 42.5 Å². The summed E-state index contributed by atoms with van der Waals surface area (Å²) >= 11 is 3.60. The van der Waals surface area contributed by atoms with Crippen LogP contribution in [-0.2, 0) is 6.61 Å². The summed E-state index contributed by atoms with van der Waals surface area (Å²) in [6.07, 6.45) is 1.56. The minimum absolute atomic E-state index is 0.317. The predicted molar refractivity (Wildman–Crippen MR) is 142 cm³/mol. The molecule has 35 heavy (non-hydrogen) atoms. The highest BCUT2D eigenvalue weighted by molar-refractivity contribution is 9.10. The highest BCUT2D eigenvalue weighted by atomic mass is 79.9. The van der Waals surface area contributed by atoms with Crippen molar-refractivity contribution in [1.82, 2.24) is 5.43 Å². The number of hydrazone groups is 1. The fourth-order valence-corrected chi connectivity index (χ4v) is 4.18. The minimum atomic E-state index is -0.317. The normalized spacial score (nSPS) is 10.9. The molecular formula is C28H25BrN2O4. The summed E-state index contributed by atoms with van der Waals surface area (Å²) in [5.41, 5.74) is 4.85. The molecule has 0 atom stereocenters. The van der Waals surface area contributed by atoms with Gasteiger partial charge in [0, 0.05) is 5.56 Å². The molecule has 0 fully saturated rings. The van der Waals surface area contributed by atoms with Crippen LogP contribution in [0.15, 0.2) is 88.4 Å². The molecule has 178 valence electrons. The van der Waals surface area contributed by atoms with Crippen LogP contribution in [-0.4, -0.2) is 25.8 Å². The summed E-state index contributed by atoms with van der Waals surface area (Å²) in [6.45, 7) is 2.79. The standard InChI is InChI=1S/C28H25BrN2O4/c1-3-34-26-16-19(17-30-31-28(32)21-11-13-23(33-2)14-12-21)15-25(29)27(26)35-18-22-9-6-8-20-7-4-5-10-24(20)22/h4-17H,3,18H2,1-2H3,(H,31,32)/b30-17-. The second-order valence-electron chi connectivity index (χ2n) is 7.62. The highest BCUT2D eigenvalue weighted by Gasteiger charge is 2.13. The van der Waals surface area contributed by atoms with E-state index in [1.54, 1.807) is 37.6 Å². The van der Waals surface area contributed by atoms with Gasteiger partial charge in [-0.25, -0.2) is 5.43 Å². The van der Waals surface area contributed by atoms with Crippen molar-refractivity contribution < 1.29 is 19.0 Å². The van der Waals surface area contributed by atoms with Crippen LogP contribution in [0, 0.1) is 0 Å². The van der Waals surface area contributed by atoms with Crippen molar-refractivity contribution in [3.8, 4) is 17.2 Å². The topological polar surface area (TPSA) is 69.2 Å². The smallest absolute Gasteiger partial charge is 0.271 e. The van der Waals surface area contributed by atoms with E-state index in [2.05, 4.69) is 50.7 Å². The summed E-state index contributed by atoms with van der Waals surface area (Å²) < 4.78 is 17.9. The number of halogens is 1. The largest absolute Gasteiger partial charge is 0.497 e. The Morgan fingerprint density at radius 1 is 1.00 bits per heavy atom. The van der Waals surface area contributed by atoms with Crippen LogP contribution >= 0.6 is 15.9 Å². The second-order valence-corrected chi connectivity index (χ2v) is 8.47. The van der Waals surface area contributed by atoms with Gasteiger partial charge >= 0.3 is 0 Å². The number of carbonyl (C=O) groups is 1. The van der Waals surface area contributed by atoms with Gasteiger partial charge in [0.05, 0.1) is 24.4 Å². The number of hydrogen-bond donors (Lipinski definition) is 1. The lowest BCUT2D eigenvalue weighted by Gasteiger charge is -2.15. The van der Waals surface area contributed by atoms with Crippen molar-refractivity contribution in [3.63, 3.8) is 0 Å². The van der Waals surface area contributed by atoms with Crippen molar-refractivity contribution in [2.45, 2.75) is 13.5 Å². The van der Waals surface area contributed by atoms with Gasteiger partial charge in [-0.3, -0.25) is 4.79 Å². The van der Waals surface area contributed by atoms with E-state index in [-0.39, 0.29) is 5.91 Å². The van der Waals surface area contributed by atoms with Crippen LogP contribution in [0.2, 0.25) is 0 Å². The van der Waals surface area contributed by atoms with E-state index >= 15 is 0 Å². The molecule has 0 unspecified atom stereocenters. The highest BCUT2D eigenvalue weighted by Crippen LogP contribution is 2.37. The lowest BCUT2D eigenvalue weighted by molar-refractivity contribution is 0.0955. The third kappa shape index (κ3) is 6.00. The number of ether oxygens (including phenoxy) is 3. The summed E-state index contributed by atoms with van der Waals surface area (Å²) in [6, 6.07) is 24.9. The maximum absolute atomic E-state index is 12.3. The van der Waals surface area contributed by atoms with Gasteiger partial charge in [0.25, 0.3) is 5.91 Å². The SMILES string of the molecule is CCOc1cc(/C=N\NC(=O)c2ccc(OC)cc2)cc(Br)c1OCc1cccc2ccccc12. The van der Waals surface area contributed by atoms with E-state index in [0.29, 0.717) is 36.0 Å². The minimum Gasteiger partial charge on any atom is -0.497 e. The predicted octanol–water partition coefficient (Wildman–Crippen LogP) is 6.35. The molecule has 4 rings (SSSR count). The van der Waals surface area contributed by atoms with Gasteiger partial charge < -0.3 is 14.2 Å². The fraction of sp³-hybridized carbons (Fsp3) is 0.143. The number of fused-ring (bicyclic) bond motifs is 1. The van der Waals surface area contributed by atoms with E-state index in [1.165, 1.54) is 5.39 Å². The van der Waals surface area contributed by atoms with Crippen LogP contribution < -0.4 is 19.6 Å². The molecule has 4 aromatic rings. The second kappa shape index (κ2) is 11.5. The first-order chi connectivity index (χ1) is 17.1. The first kappa shape index (κ1) is 24.3. The molecule has 0 saturated heterocycles. The monoisotopic (exact) mass is 532 g/mol. The van der Waals surface area contributed by atoms with Crippen LogP contribution in [0.1, 0.15) is 28.4 Å². The average molecular weight is 533 g/mol. The van der Waals surface area contributed by atoms with Crippen LogP contribution in [0.25, 0.3) is 10.8 Å². The zero-order valence-electron chi connectivity index (χ0n) is 19.5. The Labute approximate surface area is 212 Å². The molecule has 1 amide bonds. The molecule has 0 heterocycles. The number of benzene rings is 4. The van der Waals surface area contributed by atoms with Gasteiger partial charge in [-0.15, -0.1) is 0 Å². The summed E-state index contributed by atoms with van der Waals surface area (Å²) in [5.74, 6) is 1.56. The summed E-state index contributed by atoms with van der Waals surface area (Å²) in [7, 11) is 1.58. The first-order valence-electron chi connectivity index (χ1n) is 11.1. The van der Waals surface area contributed by atoms with Crippen molar-refractivity contribution in [2.24, 2.45) is 5.10 Å². The van der Waals surface area contributed by atoms with Gasteiger partial charge in [0.1, 0.15) is 12.4 Å². The number of methoxy groups -OCH3 is 1. The molecule has 0 spiro atoms. The van der Waals surface area contributed by atoms with Crippen molar-refractivity contribution in [1.29, 1.82) is 0 Å². The third-order valence-corrected chi connectivity index (χ3v) is 5.90. The van der Waals surface area contributed by atoms with Gasteiger partial charge in [0.15, 0.2) is 11.5 Å². The Morgan fingerprint density at radius 2 is 1.77 bits per heavy atom. The molecule has 0 radical (unpaired) electrons. The zero-order valence-corrected chi connectivity index (χ0v) is 21.0. The third-order valence-electron chi connectivity index (χ3n) is 5.32. The molecule has 4 aromatic carbocycles. The number of rotatable bonds is 9. The number of nitrogens with one attached hydrogen (secondary N) is 1. The Balaban J connectivity index is 1.48. The molecule has 0 aliphatic heterocycles. The number of nitrogens with zero attached hydrogens (tertiary/aromatic N) is 1. The number of amides is 1. The van der Waals surface area contributed by atoms with Crippen LogP contribution in [0.4, 0.5) is 0 Å². The number of carbonyl (C=O) groups excluding carboxylic acids is 1. The molecule has 1 N–H and O–H groups in total. The Kier molecular flexibility index (Phi) is 8.00. The maximum Gasteiger partial charge on any atom is 0.271 e. The molecular weight excluding hydrogens is 508 g/mol. The van der Waals surface area contributed by atoms with Crippen LogP contribution in [0.5, 0.6) is 17.2 Å². The maximum atomic E-state index is 12.3. The van der Waals surface area contributed by atoms with Gasteiger partial charge in [-0.05, 0) is 81.2 Å². The van der Waals surface area contributed by atoms with E-state index < -0.39 is 0 Å². The van der Waals surface area contributed by atoms with Crippen molar-refractivity contribution in [3.05, 3.63) is 100 Å². The Bertz CT molecular complexity index is 1350. The molecule has 0 aliphatic carbocycles. The summed E-state index contributed by atoms with van der Waals surface area (Å²) in [5, 5.41) is 6.41. The lowest BCUT2D eigenvalue weighted by atomic mass is 10.1. The molecule has 0 aromatic heterocycles. The summed E-state index contributed by atoms with van der Waals surface area (Å²) in [4.78, 5) is 12.3. The Hall–Kier alpha value is -3.84. The quantitative estimate of drug-likeness (QED) is 0.201.